The molecule has 0 radical (unpaired) electrons. The van der Waals surface area contributed by atoms with Crippen molar-refractivity contribution in [1.82, 2.24) is 0 Å². The van der Waals surface area contributed by atoms with Crippen LogP contribution in [-0.2, 0) is 6.61 Å². The smallest absolute Gasteiger partial charge is 0.211 e. The van der Waals surface area contributed by atoms with Gasteiger partial charge in [-0.3, -0.25) is 0 Å². The Balaban J connectivity index is 1.95. The van der Waals surface area contributed by atoms with Crippen LogP contribution in [0.1, 0.15) is 11.1 Å². The highest BCUT2D eigenvalue weighted by Crippen LogP contribution is 2.23. The number of hydrogen-bond donors (Lipinski definition) is 2. The summed E-state index contributed by atoms with van der Waals surface area (Å²) in [6.07, 6.45) is 1.54. The van der Waals surface area contributed by atoms with Gasteiger partial charge in [-0.2, -0.15) is 5.10 Å². The van der Waals surface area contributed by atoms with Crippen molar-refractivity contribution in [3.8, 4) is 5.75 Å². The first-order valence-electron chi connectivity index (χ1n) is 6.33. The SMILES string of the molecule is NC(N)=NN=Cc1ccc(OCc2ccc(Cl)c(Cl)c2)cc1. The number of nitrogens with two attached hydrogens (primary N) is 2. The van der Waals surface area contributed by atoms with Crippen LogP contribution in [0, 0.1) is 0 Å². The van der Waals surface area contributed by atoms with Gasteiger partial charge in [-0.1, -0.05) is 29.3 Å². The van der Waals surface area contributed by atoms with Crippen molar-refractivity contribution in [1.29, 1.82) is 0 Å². The van der Waals surface area contributed by atoms with Crippen molar-refractivity contribution >= 4 is 35.4 Å². The second-order valence-corrected chi connectivity index (χ2v) is 5.19. The van der Waals surface area contributed by atoms with Crippen LogP contribution in [0.2, 0.25) is 10.0 Å². The zero-order valence-corrected chi connectivity index (χ0v) is 13.1. The molecule has 4 N–H and O–H groups in total. The molecule has 0 fully saturated rings. The summed E-state index contributed by atoms with van der Waals surface area (Å²) in [5.41, 5.74) is 12.1. The van der Waals surface area contributed by atoms with Gasteiger partial charge >= 0.3 is 0 Å². The molecular formula is C15H14Cl2N4O. The van der Waals surface area contributed by atoms with Gasteiger partial charge in [0.2, 0.25) is 5.96 Å². The van der Waals surface area contributed by atoms with Gasteiger partial charge in [-0.15, -0.1) is 5.10 Å². The molecule has 0 spiro atoms. The number of guanidine groups is 1. The second kappa shape index (κ2) is 7.68. The summed E-state index contributed by atoms with van der Waals surface area (Å²) in [5, 5.41) is 8.28. The van der Waals surface area contributed by atoms with Crippen LogP contribution in [0.4, 0.5) is 0 Å². The van der Waals surface area contributed by atoms with E-state index in [4.69, 9.17) is 39.4 Å². The fraction of sp³-hybridized carbons (Fsp3) is 0.0667. The van der Waals surface area contributed by atoms with Gasteiger partial charge in [-0.05, 0) is 47.5 Å². The van der Waals surface area contributed by atoms with Gasteiger partial charge < -0.3 is 16.2 Å². The van der Waals surface area contributed by atoms with Crippen LogP contribution in [0.25, 0.3) is 0 Å². The summed E-state index contributed by atoms with van der Waals surface area (Å²) in [6, 6.07) is 12.7. The van der Waals surface area contributed by atoms with Crippen molar-refractivity contribution in [2.24, 2.45) is 21.7 Å². The number of hydrogen-bond acceptors (Lipinski definition) is 3. The average Bonchev–Trinajstić information content (AvgIpc) is 2.49. The first kappa shape index (κ1) is 16.1. The lowest BCUT2D eigenvalue weighted by atomic mass is 10.2. The normalized spacial score (nSPS) is 10.6. The van der Waals surface area contributed by atoms with E-state index in [1.165, 1.54) is 0 Å². The Morgan fingerprint density at radius 1 is 1.05 bits per heavy atom. The minimum Gasteiger partial charge on any atom is -0.489 e. The molecule has 114 valence electrons. The highest BCUT2D eigenvalue weighted by Gasteiger charge is 2.01. The van der Waals surface area contributed by atoms with Crippen molar-refractivity contribution in [3.63, 3.8) is 0 Å². The molecule has 0 heterocycles. The molecule has 0 unspecified atom stereocenters. The first-order valence-corrected chi connectivity index (χ1v) is 7.09. The summed E-state index contributed by atoms with van der Waals surface area (Å²) in [4.78, 5) is 0. The van der Waals surface area contributed by atoms with Crippen LogP contribution in [-0.4, -0.2) is 12.2 Å². The van der Waals surface area contributed by atoms with Gasteiger partial charge in [-0.25, -0.2) is 0 Å². The maximum atomic E-state index is 5.96. The molecule has 0 aliphatic rings. The molecule has 2 rings (SSSR count). The Morgan fingerprint density at radius 2 is 1.77 bits per heavy atom. The summed E-state index contributed by atoms with van der Waals surface area (Å²) in [7, 11) is 0. The minimum absolute atomic E-state index is 0.0853. The molecule has 0 saturated carbocycles. The van der Waals surface area contributed by atoms with Crippen LogP contribution < -0.4 is 16.2 Å². The molecule has 0 saturated heterocycles. The molecule has 2 aromatic rings. The fourth-order valence-corrected chi connectivity index (χ4v) is 1.93. The van der Waals surface area contributed by atoms with E-state index in [-0.39, 0.29) is 5.96 Å². The molecule has 2 aromatic carbocycles. The minimum atomic E-state index is -0.0853. The van der Waals surface area contributed by atoms with E-state index in [1.54, 1.807) is 18.3 Å². The van der Waals surface area contributed by atoms with Gasteiger partial charge in [0.1, 0.15) is 12.4 Å². The topological polar surface area (TPSA) is 86.0 Å². The average molecular weight is 337 g/mol. The maximum absolute atomic E-state index is 5.96. The van der Waals surface area contributed by atoms with E-state index < -0.39 is 0 Å². The third-order valence-electron chi connectivity index (χ3n) is 2.65. The number of nitrogens with zero attached hydrogens (tertiary/aromatic N) is 2. The van der Waals surface area contributed by atoms with Crippen molar-refractivity contribution in [3.05, 3.63) is 63.6 Å². The van der Waals surface area contributed by atoms with Crippen LogP contribution in [0.5, 0.6) is 5.75 Å². The lowest BCUT2D eigenvalue weighted by Crippen LogP contribution is -2.21. The van der Waals surface area contributed by atoms with E-state index in [9.17, 15) is 0 Å². The van der Waals surface area contributed by atoms with Gasteiger partial charge in [0.15, 0.2) is 0 Å². The Morgan fingerprint density at radius 3 is 2.41 bits per heavy atom. The molecule has 0 aliphatic carbocycles. The number of benzene rings is 2. The zero-order chi connectivity index (χ0) is 15.9. The summed E-state index contributed by atoms with van der Waals surface area (Å²) >= 11 is 11.8. The summed E-state index contributed by atoms with van der Waals surface area (Å²) in [6.45, 7) is 0.401. The zero-order valence-electron chi connectivity index (χ0n) is 11.5. The first-order chi connectivity index (χ1) is 10.5. The van der Waals surface area contributed by atoms with Crippen molar-refractivity contribution < 1.29 is 4.74 Å². The van der Waals surface area contributed by atoms with E-state index in [2.05, 4.69) is 10.2 Å². The summed E-state index contributed by atoms with van der Waals surface area (Å²) < 4.78 is 5.67. The third-order valence-corrected chi connectivity index (χ3v) is 3.39. The van der Waals surface area contributed by atoms with Gasteiger partial charge in [0.25, 0.3) is 0 Å². The Bertz CT molecular complexity index is 695. The molecule has 0 bridgehead atoms. The van der Waals surface area contributed by atoms with Crippen LogP contribution in [0.15, 0.2) is 52.7 Å². The van der Waals surface area contributed by atoms with Crippen LogP contribution in [0.3, 0.4) is 0 Å². The molecule has 22 heavy (non-hydrogen) atoms. The van der Waals surface area contributed by atoms with Gasteiger partial charge in [0.05, 0.1) is 16.3 Å². The third kappa shape index (κ3) is 4.95. The fourth-order valence-electron chi connectivity index (χ4n) is 1.61. The molecule has 0 aromatic heterocycles. The predicted molar refractivity (Wildman–Crippen MR) is 90.6 cm³/mol. The lowest BCUT2D eigenvalue weighted by Gasteiger charge is -2.07. The highest BCUT2D eigenvalue weighted by atomic mass is 35.5. The van der Waals surface area contributed by atoms with E-state index in [0.29, 0.717) is 16.7 Å². The quantitative estimate of drug-likeness (QED) is 0.499. The highest BCUT2D eigenvalue weighted by molar-refractivity contribution is 6.42. The molecule has 7 heteroatoms. The van der Waals surface area contributed by atoms with Crippen molar-refractivity contribution in [2.75, 3.05) is 0 Å². The Labute approximate surface area is 138 Å². The standard InChI is InChI=1S/C15H14Cl2N4O/c16-13-6-3-11(7-14(13)17)9-22-12-4-1-10(2-5-12)8-20-21-15(18)19/h1-8H,9H2,(H4,18,19,21). The second-order valence-electron chi connectivity index (χ2n) is 4.38. The monoisotopic (exact) mass is 336 g/mol. The predicted octanol–water partition coefficient (Wildman–Crippen LogP) is 3.18. The largest absolute Gasteiger partial charge is 0.489 e. The molecular weight excluding hydrogens is 323 g/mol. The maximum Gasteiger partial charge on any atom is 0.211 e. The lowest BCUT2D eigenvalue weighted by molar-refractivity contribution is 0.306. The molecule has 5 nitrogen and oxygen atoms in total. The molecule has 0 aliphatic heterocycles. The van der Waals surface area contributed by atoms with Gasteiger partial charge in [0, 0.05) is 0 Å². The molecule has 0 atom stereocenters. The number of rotatable bonds is 5. The number of ether oxygens (including phenoxy) is 1. The van der Waals surface area contributed by atoms with E-state index in [1.807, 2.05) is 30.3 Å². The Kier molecular flexibility index (Phi) is 5.63. The number of halogens is 2. The summed E-state index contributed by atoms with van der Waals surface area (Å²) in [5.74, 6) is 0.642. The van der Waals surface area contributed by atoms with Crippen LogP contribution >= 0.6 is 23.2 Å². The van der Waals surface area contributed by atoms with E-state index in [0.717, 1.165) is 16.9 Å². The van der Waals surface area contributed by atoms with E-state index >= 15 is 0 Å². The van der Waals surface area contributed by atoms with Crippen molar-refractivity contribution in [2.45, 2.75) is 6.61 Å². The molecule has 0 amide bonds. The Hall–Kier alpha value is -2.24.